The SMILES string of the molecule is CC(C)(C)OC(=O)C1=CC2=CC=CC=CN2N1. The number of hydrogen-bond donors (Lipinski definition) is 1. The van der Waals surface area contributed by atoms with E-state index in [4.69, 9.17) is 4.74 Å². The molecule has 2 rings (SSSR count). The highest BCUT2D eigenvalue weighted by atomic mass is 16.6. The number of hydrogen-bond acceptors (Lipinski definition) is 4. The number of ether oxygens (including phenoxy) is 1. The summed E-state index contributed by atoms with van der Waals surface area (Å²) in [6.45, 7) is 5.54. The first kappa shape index (κ1) is 11.5. The molecule has 0 spiro atoms. The number of rotatable bonds is 1. The lowest BCUT2D eigenvalue weighted by Crippen LogP contribution is -2.32. The van der Waals surface area contributed by atoms with Gasteiger partial charge in [-0.15, -0.1) is 0 Å². The maximum atomic E-state index is 11.8. The number of carbonyl (C=O) groups is 1. The number of esters is 1. The van der Waals surface area contributed by atoms with Gasteiger partial charge in [0.05, 0.1) is 5.70 Å². The first-order valence-electron chi connectivity index (χ1n) is 5.52. The average Bonchev–Trinajstić information content (AvgIpc) is 2.48. The van der Waals surface area contributed by atoms with E-state index >= 15 is 0 Å². The molecule has 2 aliphatic rings. The zero-order chi connectivity index (χ0) is 12.5. The van der Waals surface area contributed by atoms with Crippen molar-refractivity contribution in [3.05, 3.63) is 48.0 Å². The molecule has 2 heterocycles. The van der Waals surface area contributed by atoms with Gasteiger partial charge >= 0.3 is 5.97 Å². The molecule has 0 fully saturated rings. The van der Waals surface area contributed by atoms with E-state index in [1.165, 1.54) is 0 Å². The van der Waals surface area contributed by atoms with Crippen molar-refractivity contribution >= 4 is 5.97 Å². The second-order valence-corrected chi connectivity index (χ2v) is 4.86. The predicted molar refractivity (Wildman–Crippen MR) is 65.3 cm³/mol. The van der Waals surface area contributed by atoms with Crippen molar-refractivity contribution < 1.29 is 9.53 Å². The lowest BCUT2D eigenvalue weighted by Gasteiger charge is -2.21. The van der Waals surface area contributed by atoms with Gasteiger partial charge in [-0.1, -0.05) is 12.2 Å². The van der Waals surface area contributed by atoms with Crippen molar-refractivity contribution in [1.29, 1.82) is 0 Å². The molecular formula is C13H16N2O2. The Bertz CT molecular complexity index is 451. The van der Waals surface area contributed by atoms with Gasteiger partial charge in [-0.05, 0) is 39.0 Å². The number of carbonyl (C=O) groups excluding carboxylic acids is 1. The third-order valence-corrected chi connectivity index (χ3v) is 2.15. The fourth-order valence-electron chi connectivity index (χ4n) is 1.49. The zero-order valence-electron chi connectivity index (χ0n) is 10.2. The molecule has 0 atom stereocenters. The highest BCUT2D eigenvalue weighted by Gasteiger charge is 2.25. The number of hydrazine groups is 1. The van der Waals surface area contributed by atoms with Crippen LogP contribution in [0.3, 0.4) is 0 Å². The Morgan fingerprint density at radius 1 is 1.29 bits per heavy atom. The molecule has 0 aromatic heterocycles. The van der Waals surface area contributed by atoms with E-state index in [1.54, 1.807) is 11.1 Å². The molecule has 0 bridgehead atoms. The Labute approximate surface area is 101 Å². The van der Waals surface area contributed by atoms with E-state index in [0.29, 0.717) is 5.70 Å². The van der Waals surface area contributed by atoms with E-state index in [0.717, 1.165) is 5.70 Å². The number of nitrogens with zero attached hydrogens (tertiary/aromatic N) is 1. The first-order valence-corrected chi connectivity index (χ1v) is 5.52. The molecular weight excluding hydrogens is 216 g/mol. The average molecular weight is 232 g/mol. The normalized spacial score (nSPS) is 17.9. The lowest BCUT2D eigenvalue weighted by molar-refractivity contribution is -0.150. The summed E-state index contributed by atoms with van der Waals surface area (Å²) in [5, 5.41) is 1.78. The van der Waals surface area contributed by atoms with Gasteiger partial charge in [0.2, 0.25) is 0 Å². The summed E-state index contributed by atoms with van der Waals surface area (Å²) < 4.78 is 5.29. The Morgan fingerprint density at radius 2 is 2.06 bits per heavy atom. The van der Waals surface area contributed by atoms with Crippen LogP contribution in [0, 0.1) is 0 Å². The summed E-state index contributed by atoms with van der Waals surface area (Å²) >= 11 is 0. The second-order valence-electron chi connectivity index (χ2n) is 4.86. The van der Waals surface area contributed by atoms with Crippen LogP contribution in [0.1, 0.15) is 20.8 Å². The minimum Gasteiger partial charge on any atom is -0.455 e. The summed E-state index contributed by atoms with van der Waals surface area (Å²) in [5.41, 5.74) is 3.86. The molecule has 0 amide bonds. The Hall–Kier alpha value is -1.97. The molecule has 0 saturated carbocycles. The Kier molecular flexibility index (Phi) is 2.79. The van der Waals surface area contributed by atoms with Gasteiger partial charge in [0.15, 0.2) is 0 Å². The van der Waals surface area contributed by atoms with Crippen molar-refractivity contribution in [3.8, 4) is 0 Å². The summed E-state index contributed by atoms with van der Waals surface area (Å²) in [6.07, 6.45) is 11.3. The van der Waals surface area contributed by atoms with Gasteiger partial charge in [-0.25, -0.2) is 4.79 Å². The minimum absolute atomic E-state index is 0.344. The van der Waals surface area contributed by atoms with Crippen LogP contribution in [0.5, 0.6) is 0 Å². The predicted octanol–water partition coefficient (Wildman–Crippen LogP) is 2.00. The fraction of sp³-hybridized carbons (Fsp3) is 0.308. The lowest BCUT2D eigenvalue weighted by atomic mass is 10.2. The van der Waals surface area contributed by atoms with Crippen LogP contribution in [0.15, 0.2) is 48.0 Å². The summed E-state index contributed by atoms with van der Waals surface area (Å²) in [6, 6.07) is 0. The smallest absolute Gasteiger partial charge is 0.356 e. The second kappa shape index (κ2) is 4.13. The van der Waals surface area contributed by atoms with Gasteiger partial charge in [-0.2, -0.15) is 0 Å². The summed E-state index contributed by atoms with van der Waals surface area (Å²) in [5.74, 6) is -0.344. The molecule has 90 valence electrons. The van der Waals surface area contributed by atoms with Gasteiger partial charge in [0.1, 0.15) is 11.3 Å². The van der Waals surface area contributed by atoms with Crippen molar-refractivity contribution in [2.24, 2.45) is 0 Å². The molecule has 0 unspecified atom stereocenters. The maximum Gasteiger partial charge on any atom is 0.356 e. The number of nitrogens with one attached hydrogen (secondary N) is 1. The molecule has 1 N–H and O–H groups in total. The summed E-state index contributed by atoms with van der Waals surface area (Å²) in [4.78, 5) is 11.8. The maximum absolute atomic E-state index is 11.8. The van der Waals surface area contributed by atoms with E-state index in [-0.39, 0.29) is 5.97 Å². The minimum atomic E-state index is -0.482. The van der Waals surface area contributed by atoms with Crippen LogP contribution in [-0.2, 0) is 9.53 Å². The topological polar surface area (TPSA) is 41.6 Å². The van der Waals surface area contributed by atoms with E-state index in [2.05, 4.69) is 5.43 Å². The van der Waals surface area contributed by atoms with Gasteiger partial charge in [-0.3, -0.25) is 10.4 Å². The molecule has 17 heavy (non-hydrogen) atoms. The van der Waals surface area contributed by atoms with Crippen molar-refractivity contribution in [1.82, 2.24) is 10.4 Å². The third-order valence-electron chi connectivity index (χ3n) is 2.15. The molecule has 0 aromatic carbocycles. The fourth-order valence-corrected chi connectivity index (χ4v) is 1.49. The standard InChI is InChI=1S/C13H16N2O2/c1-13(2,3)17-12(16)11-9-10-7-5-4-6-8-15(10)14-11/h4-9,14H,1-3H3. The summed E-state index contributed by atoms with van der Waals surface area (Å²) in [7, 11) is 0. The van der Waals surface area contributed by atoms with Crippen molar-refractivity contribution in [2.45, 2.75) is 26.4 Å². The Balaban J connectivity index is 2.13. The highest BCUT2D eigenvalue weighted by Crippen LogP contribution is 2.20. The third kappa shape index (κ3) is 2.78. The van der Waals surface area contributed by atoms with E-state index in [1.807, 2.05) is 51.3 Å². The Morgan fingerprint density at radius 3 is 2.76 bits per heavy atom. The van der Waals surface area contributed by atoms with E-state index in [9.17, 15) is 4.79 Å². The molecule has 2 aliphatic heterocycles. The zero-order valence-corrected chi connectivity index (χ0v) is 10.2. The number of allylic oxidation sites excluding steroid dienone is 5. The van der Waals surface area contributed by atoms with Crippen LogP contribution >= 0.6 is 0 Å². The number of fused-ring (bicyclic) bond motifs is 1. The first-order chi connectivity index (χ1) is 7.96. The van der Waals surface area contributed by atoms with Crippen LogP contribution in [0.25, 0.3) is 0 Å². The molecule has 0 aromatic rings. The van der Waals surface area contributed by atoms with Gasteiger partial charge in [0, 0.05) is 6.20 Å². The molecule has 4 nitrogen and oxygen atoms in total. The van der Waals surface area contributed by atoms with E-state index < -0.39 is 5.60 Å². The van der Waals surface area contributed by atoms with Crippen LogP contribution in [0.4, 0.5) is 0 Å². The van der Waals surface area contributed by atoms with Crippen LogP contribution in [-0.4, -0.2) is 16.6 Å². The van der Waals surface area contributed by atoms with Gasteiger partial charge in [0.25, 0.3) is 0 Å². The van der Waals surface area contributed by atoms with Gasteiger partial charge < -0.3 is 4.74 Å². The monoisotopic (exact) mass is 232 g/mol. The van der Waals surface area contributed by atoms with Crippen LogP contribution in [0.2, 0.25) is 0 Å². The molecule has 0 radical (unpaired) electrons. The largest absolute Gasteiger partial charge is 0.455 e. The van der Waals surface area contributed by atoms with Crippen molar-refractivity contribution in [2.75, 3.05) is 0 Å². The van der Waals surface area contributed by atoms with Crippen LogP contribution < -0.4 is 5.43 Å². The molecule has 4 heteroatoms. The molecule has 0 aliphatic carbocycles. The molecule has 0 saturated heterocycles. The van der Waals surface area contributed by atoms with Crippen molar-refractivity contribution in [3.63, 3.8) is 0 Å². The highest BCUT2D eigenvalue weighted by molar-refractivity contribution is 5.89. The quantitative estimate of drug-likeness (QED) is 0.702.